The number of Topliss-reactive ketones (excluding diaryl/α,β-unsaturated/α-hetero) is 1. The van der Waals surface area contributed by atoms with Crippen LogP contribution in [-0.4, -0.2) is 62.9 Å². The lowest BCUT2D eigenvalue weighted by molar-refractivity contribution is -0.138. The minimum atomic E-state index is -0.791. The molecular weight excluding hydrogens is 729 g/mol. The average molecular weight is 785 g/mol. The highest BCUT2D eigenvalue weighted by Gasteiger charge is 2.48. The van der Waals surface area contributed by atoms with Gasteiger partial charge in [0.15, 0.2) is 0 Å². The molecule has 0 N–H and O–H groups in total. The molecule has 0 radical (unpaired) electrons. The summed E-state index contributed by atoms with van der Waals surface area (Å²) in [6.45, 7) is 18.0. The van der Waals surface area contributed by atoms with Crippen molar-refractivity contribution in [3.05, 3.63) is 132 Å². The quantitative estimate of drug-likeness (QED) is 0.129. The van der Waals surface area contributed by atoms with Gasteiger partial charge >= 0.3 is 12.2 Å². The van der Waals surface area contributed by atoms with Crippen molar-refractivity contribution in [2.45, 2.75) is 104 Å². The summed E-state index contributed by atoms with van der Waals surface area (Å²) in [6, 6.07) is 35.9. The van der Waals surface area contributed by atoms with Gasteiger partial charge in [0.2, 0.25) is 5.91 Å². The number of amides is 4. The maximum atomic E-state index is 13.0. The van der Waals surface area contributed by atoms with Crippen LogP contribution in [0.2, 0.25) is 0 Å². The maximum absolute atomic E-state index is 13.0. The van der Waals surface area contributed by atoms with Crippen molar-refractivity contribution >= 4 is 29.8 Å². The number of likely N-dealkylation sites (tertiary alicyclic amines) is 2. The van der Waals surface area contributed by atoms with Gasteiger partial charge in [0, 0.05) is 17.5 Å². The number of benzene rings is 4. The Bertz CT molecular complexity index is 2090. The summed E-state index contributed by atoms with van der Waals surface area (Å²) in [5.74, 6) is -1.96. The molecule has 58 heavy (non-hydrogen) atoms. The van der Waals surface area contributed by atoms with E-state index in [1.807, 2.05) is 72.8 Å². The highest BCUT2D eigenvalue weighted by molar-refractivity contribution is 6.08. The second-order valence-electron chi connectivity index (χ2n) is 17.3. The SMILES string of the molecule is C=C1C[C@@H](Cc2ccc(-c3ccccc3)cc2)N(C(=O)OC(C)(C)C)C1=O.CC(C)C(=O)C1C[C@@H](Cc2ccc(-c3ccccc3)cc2)N(C(=O)OC(C)(C)C)C1=O. The van der Waals surface area contributed by atoms with Gasteiger partial charge in [-0.3, -0.25) is 14.4 Å². The Hall–Kier alpha value is -5.83. The highest BCUT2D eigenvalue weighted by Crippen LogP contribution is 2.33. The molecular formula is C49H56N2O7. The molecule has 4 aromatic rings. The Morgan fingerprint density at radius 2 is 1.02 bits per heavy atom. The lowest BCUT2D eigenvalue weighted by atomic mass is 9.91. The zero-order valence-corrected chi connectivity index (χ0v) is 35.0. The van der Waals surface area contributed by atoms with Crippen LogP contribution in [0.5, 0.6) is 0 Å². The normalized spacial score (nSPS) is 18.2. The lowest BCUT2D eigenvalue weighted by Gasteiger charge is -2.27. The van der Waals surface area contributed by atoms with Gasteiger partial charge in [-0.15, -0.1) is 0 Å². The molecule has 0 aliphatic carbocycles. The molecule has 2 aliphatic heterocycles. The summed E-state index contributed by atoms with van der Waals surface area (Å²) in [4.78, 5) is 65.7. The molecule has 1 unspecified atom stereocenters. The topological polar surface area (TPSA) is 110 Å². The number of hydrogen-bond donors (Lipinski definition) is 0. The number of nitrogens with zero attached hydrogens (tertiary/aromatic N) is 2. The van der Waals surface area contributed by atoms with Crippen molar-refractivity contribution in [2.24, 2.45) is 11.8 Å². The zero-order chi connectivity index (χ0) is 42.4. The standard InChI is InChI=1S/C26H31NO4.C23H25NO3/c1-17(2)23(28)22-16-21(27(24(22)29)25(30)31-26(3,4)5)15-18-11-13-20(14-12-18)19-9-7-6-8-10-19;1-16-14-20(24(21(16)25)22(26)27-23(2,3)4)15-17-10-12-19(13-11-17)18-8-6-5-7-9-18/h6-14,17,21-22H,15-16H2,1-5H3;5-13,20H,1,14-15H2,2-4H3/t21-,22?;20-/m10/s1. The first-order chi connectivity index (χ1) is 27.3. The molecule has 2 fully saturated rings. The van der Waals surface area contributed by atoms with Crippen molar-refractivity contribution in [2.75, 3.05) is 0 Å². The Kier molecular flexibility index (Phi) is 13.6. The minimum Gasteiger partial charge on any atom is -0.443 e. The molecule has 0 spiro atoms. The largest absolute Gasteiger partial charge is 0.443 e. The van der Waals surface area contributed by atoms with Crippen LogP contribution in [0, 0.1) is 11.8 Å². The Balaban J connectivity index is 0.000000223. The van der Waals surface area contributed by atoms with Crippen LogP contribution >= 0.6 is 0 Å². The number of rotatable bonds is 8. The van der Waals surface area contributed by atoms with Crippen LogP contribution in [0.1, 0.15) is 79.4 Å². The molecule has 304 valence electrons. The summed E-state index contributed by atoms with van der Waals surface area (Å²) < 4.78 is 10.9. The van der Waals surface area contributed by atoms with E-state index >= 15 is 0 Å². The van der Waals surface area contributed by atoms with Gasteiger partial charge in [-0.1, -0.05) is 130 Å². The van der Waals surface area contributed by atoms with Gasteiger partial charge in [-0.25, -0.2) is 19.4 Å². The third-order valence-corrected chi connectivity index (χ3v) is 9.93. The number of ether oxygens (including phenoxy) is 2. The summed E-state index contributed by atoms with van der Waals surface area (Å²) in [5, 5.41) is 0. The van der Waals surface area contributed by atoms with E-state index in [-0.39, 0.29) is 23.7 Å². The fourth-order valence-corrected chi connectivity index (χ4v) is 7.17. The number of carbonyl (C=O) groups excluding carboxylic acids is 5. The number of hydrogen-bond acceptors (Lipinski definition) is 7. The van der Waals surface area contributed by atoms with Crippen molar-refractivity contribution < 1.29 is 33.4 Å². The summed E-state index contributed by atoms with van der Waals surface area (Å²) in [5.41, 5.74) is 5.67. The molecule has 2 heterocycles. The first-order valence-corrected chi connectivity index (χ1v) is 19.9. The fraction of sp³-hybridized carbons (Fsp3) is 0.367. The second kappa shape index (κ2) is 18.2. The van der Waals surface area contributed by atoms with Crippen molar-refractivity contribution in [3.8, 4) is 22.3 Å². The summed E-state index contributed by atoms with van der Waals surface area (Å²) in [7, 11) is 0. The van der Waals surface area contributed by atoms with Crippen molar-refractivity contribution in [1.29, 1.82) is 0 Å². The molecule has 9 heteroatoms. The minimum absolute atomic E-state index is 0.125. The number of carbonyl (C=O) groups is 5. The monoisotopic (exact) mass is 784 g/mol. The molecule has 0 bridgehead atoms. The maximum Gasteiger partial charge on any atom is 0.417 e. The lowest BCUT2D eigenvalue weighted by Crippen LogP contribution is -2.44. The third kappa shape index (κ3) is 11.2. The van der Waals surface area contributed by atoms with Gasteiger partial charge in [0.25, 0.3) is 5.91 Å². The smallest absolute Gasteiger partial charge is 0.417 e. The predicted octanol–water partition coefficient (Wildman–Crippen LogP) is 10.3. The van der Waals surface area contributed by atoms with Crippen LogP contribution in [0.4, 0.5) is 9.59 Å². The van der Waals surface area contributed by atoms with E-state index < -0.39 is 41.3 Å². The van der Waals surface area contributed by atoms with Gasteiger partial charge in [-0.2, -0.15) is 0 Å². The van der Waals surface area contributed by atoms with E-state index in [1.165, 1.54) is 9.80 Å². The first kappa shape index (κ1) is 43.3. The highest BCUT2D eigenvalue weighted by atomic mass is 16.6. The number of imide groups is 2. The molecule has 0 saturated carbocycles. The Morgan fingerprint density at radius 1 is 0.621 bits per heavy atom. The van der Waals surface area contributed by atoms with E-state index in [9.17, 15) is 24.0 Å². The van der Waals surface area contributed by atoms with Crippen LogP contribution in [-0.2, 0) is 36.7 Å². The Morgan fingerprint density at radius 3 is 1.43 bits per heavy atom. The first-order valence-electron chi connectivity index (χ1n) is 19.9. The summed E-state index contributed by atoms with van der Waals surface area (Å²) >= 11 is 0. The third-order valence-electron chi connectivity index (χ3n) is 9.93. The second-order valence-corrected chi connectivity index (χ2v) is 17.3. The molecule has 9 nitrogen and oxygen atoms in total. The molecule has 4 amide bonds. The van der Waals surface area contributed by atoms with E-state index in [2.05, 4.69) is 43.0 Å². The van der Waals surface area contributed by atoms with Crippen molar-refractivity contribution in [1.82, 2.24) is 9.80 Å². The fourth-order valence-electron chi connectivity index (χ4n) is 7.17. The van der Waals surface area contributed by atoms with Crippen LogP contribution in [0.3, 0.4) is 0 Å². The predicted molar refractivity (Wildman–Crippen MR) is 227 cm³/mol. The van der Waals surface area contributed by atoms with Gasteiger partial charge < -0.3 is 9.47 Å². The van der Waals surface area contributed by atoms with Crippen molar-refractivity contribution in [3.63, 3.8) is 0 Å². The molecule has 6 rings (SSSR count). The van der Waals surface area contributed by atoms with E-state index in [0.717, 1.165) is 33.4 Å². The van der Waals surface area contributed by atoms with E-state index in [0.29, 0.717) is 31.3 Å². The van der Waals surface area contributed by atoms with Crippen LogP contribution in [0.15, 0.2) is 121 Å². The van der Waals surface area contributed by atoms with Gasteiger partial charge in [-0.05, 0) is 101 Å². The zero-order valence-electron chi connectivity index (χ0n) is 35.0. The molecule has 4 aromatic carbocycles. The van der Waals surface area contributed by atoms with Gasteiger partial charge in [0.05, 0.1) is 12.0 Å². The molecule has 3 atom stereocenters. The summed E-state index contributed by atoms with van der Waals surface area (Å²) in [6.07, 6.45) is 0.592. The average Bonchev–Trinajstić information content (AvgIpc) is 3.64. The van der Waals surface area contributed by atoms with Gasteiger partial charge in [0.1, 0.15) is 17.0 Å². The Labute approximate surface area is 343 Å². The van der Waals surface area contributed by atoms with E-state index in [1.54, 1.807) is 55.4 Å². The number of ketones is 1. The van der Waals surface area contributed by atoms with Crippen LogP contribution in [0.25, 0.3) is 22.3 Å². The van der Waals surface area contributed by atoms with Crippen LogP contribution < -0.4 is 0 Å². The molecule has 2 saturated heterocycles. The molecule has 0 aromatic heterocycles. The van der Waals surface area contributed by atoms with E-state index in [4.69, 9.17) is 9.47 Å². The molecule has 2 aliphatic rings.